The Bertz CT molecular complexity index is 253. The van der Waals surface area contributed by atoms with Gasteiger partial charge in [0.15, 0.2) is 0 Å². The first-order chi connectivity index (χ1) is 7.17. The fourth-order valence-electron chi connectivity index (χ4n) is 0.835. The topological polar surface area (TPSA) is 92.5 Å². The Balaban J connectivity index is 4.17. The zero-order chi connectivity index (χ0) is 11.7. The summed E-state index contributed by atoms with van der Waals surface area (Å²) < 4.78 is 0. The quantitative estimate of drug-likeness (QED) is 0.323. The summed E-state index contributed by atoms with van der Waals surface area (Å²) >= 11 is 0. The number of carbonyl (C=O) groups excluding carboxylic acids is 3. The second kappa shape index (κ2) is 7.69. The van der Waals surface area contributed by atoms with Crippen LogP contribution in [0.25, 0.3) is 0 Å². The number of nitrogens with zero attached hydrogens (tertiary/aromatic N) is 1. The second-order valence-electron chi connectivity index (χ2n) is 2.74. The minimum absolute atomic E-state index is 0.153. The Morgan fingerprint density at radius 2 is 2.13 bits per heavy atom. The molecular formula is C9H15N3O3. The maximum atomic E-state index is 11.3. The molecule has 0 aliphatic carbocycles. The number of imide groups is 1. The van der Waals surface area contributed by atoms with Gasteiger partial charge < -0.3 is 11.1 Å². The first kappa shape index (κ1) is 13.3. The molecule has 0 aliphatic rings. The van der Waals surface area contributed by atoms with Crippen molar-refractivity contribution in [2.24, 2.45) is 5.73 Å². The van der Waals surface area contributed by atoms with E-state index in [4.69, 9.17) is 5.73 Å². The molecule has 0 unspecified atom stereocenters. The van der Waals surface area contributed by atoms with Crippen LogP contribution in [0.3, 0.4) is 0 Å². The highest BCUT2D eigenvalue weighted by molar-refractivity contribution is 6.36. The highest BCUT2D eigenvalue weighted by Crippen LogP contribution is 1.88. The third-order valence-corrected chi connectivity index (χ3v) is 1.59. The summed E-state index contributed by atoms with van der Waals surface area (Å²) in [4.78, 5) is 33.7. The summed E-state index contributed by atoms with van der Waals surface area (Å²) in [6, 6.07) is 0. The van der Waals surface area contributed by atoms with Gasteiger partial charge in [-0.15, -0.1) is 6.58 Å². The molecular weight excluding hydrogens is 198 g/mol. The Morgan fingerprint density at radius 3 is 2.60 bits per heavy atom. The second-order valence-corrected chi connectivity index (χ2v) is 2.74. The Hall–Kier alpha value is -1.69. The van der Waals surface area contributed by atoms with Crippen molar-refractivity contribution in [3.63, 3.8) is 0 Å². The minimum Gasteiger partial charge on any atom is -0.344 e. The van der Waals surface area contributed by atoms with Gasteiger partial charge in [0.25, 0.3) is 0 Å². The predicted octanol–water partition coefficient (Wildman–Crippen LogP) is -1.38. The van der Waals surface area contributed by atoms with Crippen LogP contribution in [0.4, 0.5) is 0 Å². The van der Waals surface area contributed by atoms with Crippen LogP contribution in [0.2, 0.25) is 0 Å². The largest absolute Gasteiger partial charge is 0.344 e. The molecule has 0 rings (SSSR count). The molecule has 0 radical (unpaired) electrons. The molecule has 0 saturated heterocycles. The third-order valence-electron chi connectivity index (χ3n) is 1.59. The van der Waals surface area contributed by atoms with Gasteiger partial charge in [-0.05, 0) is 13.0 Å². The van der Waals surface area contributed by atoms with Crippen molar-refractivity contribution < 1.29 is 14.4 Å². The molecule has 84 valence electrons. The molecule has 3 N–H and O–H groups in total. The van der Waals surface area contributed by atoms with Crippen LogP contribution in [0, 0.1) is 0 Å². The average Bonchev–Trinajstić information content (AvgIpc) is 2.26. The number of amides is 3. The van der Waals surface area contributed by atoms with Crippen molar-refractivity contribution in [2.45, 2.75) is 6.42 Å². The van der Waals surface area contributed by atoms with Crippen molar-refractivity contribution in [1.29, 1.82) is 0 Å². The molecule has 0 aromatic heterocycles. The van der Waals surface area contributed by atoms with Gasteiger partial charge in [-0.3, -0.25) is 19.3 Å². The lowest BCUT2D eigenvalue weighted by molar-refractivity contribution is -0.148. The highest BCUT2D eigenvalue weighted by atomic mass is 16.2. The van der Waals surface area contributed by atoms with Crippen LogP contribution >= 0.6 is 0 Å². The number of carbonyl (C=O) groups is 3. The van der Waals surface area contributed by atoms with Crippen molar-refractivity contribution in [3.05, 3.63) is 12.7 Å². The van der Waals surface area contributed by atoms with Gasteiger partial charge in [-0.1, -0.05) is 6.08 Å². The summed E-state index contributed by atoms with van der Waals surface area (Å²) in [5.41, 5.74) is 5.22. The van der Waals surface area contributed by atoms with Gasteiger partial charge in [-0.2, -0.15) is 0 Å². The molecule has 0 heterocycles. The van der Waals surface area contributed by atoms with Crippen LogP contribution in [0.5, 0.6) is 0 Å². The van der Waals surface area contributed by atoms with Crippen LogP contribution in [-0.4, -0.2) is 42.8 Å². The van der Waals surface area contributed by atoms with E-state index in [1.165, 1.54) is 6.08 Å². The van der Waals surface area contributed by atoms with E-state index in [2.05, 4.69) is 11.9 Å². The Labute approximate surface area is 88.1 Å². The molecule has 15 heavy (non-hydrogen) atoms. The maximum absolute atomic E-state index is 11.3. The van der Waals surface area contributed by atoms with Crippen LogP contribution in [-0.2, 0) is 14.4 Å². The van der Waals surface area contributed by atoms with E-state index in [9.17, 15) is 14.4 Å². The van der Waals surface area contributed by atoms with Crippen molar-refractivity contribution >= 4 is 18.2 Å². The van der Waals surface area contributed by atoms with Crippen molar-refractivity contribution in [2.75, 3.05) is 19.6 Å². The smallest absolute Gasteiger partial charge is 0.318 e. The van der Waals surface area contributed by atoms with E-state index in [1.54, 1.807) is 0 Å². The molecule has 3 amide bonds. The standard InChI is InChI=1S/C9H15N3O3/c1-2-5-11-8(14)9(15)12(7-13)6-3-4-10/h2,7H,1,3-6,10H2,(H,11,14). The Morgan fingerprint density at radius 1 is 1.47 bits per heavy atom. The van der Waals surface area contributed by atoms with E-state index in [-0.39, 0.29) is 13.1 Å². The molecule has 0 saturated carbocycles. The number of hydrogen-bond acceptors (Lipinski definition) is 4. The average molecular weight is 213 g/mol. The van der Waals surface area contributed by atoms with Crippen LogP contribution in [0.1, 0.15) is 6.42 Å². The first-order valence-corrected chi connectivity index (χ1v) is 4.52. The van der Waals surface area contributed by atoms with Crippen molar-refractivity contribution in [3.8, 4) is 0 Å². The van der Waals surface area contributed by atoms with Gasteiger partial charge in [0.05, 0.1) is 0 Å². The molecule has 0 aromatic carbocycles. The molecule has 0 aliphatic heterocycles. The summed E-state index contributed by atoms with van der Waals surface area (Å²) in [5.74, 6) is -1.70. The Kier molecular flexibility index (Phi) is 6.82. The molecule has 0 atom stereocenters. The molecule has 6 nitrogen and oxygen atoms in total. The lowest BCUT2D eigenvalue weighted by Gasteiger charge is -2.13. The zero-order valence-electron chi connectivity index (χ0n) is 8.44. The first-order valence-electron chi connectivity index (χ1n) is 4.52. The summed E-state index contributed by atoms with van der Waals surface area (Å²) in [7, 11) is 0. The van der Waals surface area contributed by atoms with Gasteiger partial charge in [0.1, 0.15) is 0 Å². The van der Waals surface area contributed by atoms with E-state index >= 15 is 0 Å². The van der Waals surface area contributed by atoms with Gasteiger partial charge in [0, 0.05) is 13.1 Å². The van der Waals surface area contributed by atoms with E-state index < -0.39 is 11.8 Å². The lowest BCUT2D eigenvalue weighted by Crippen LogP contribution is -2.43. The predicted molar refractivity (Wildman–Crippen MR) is 54.7 cm³/mol. The third kappa shape index (κ3) is 4.92. The summed E-state index contributed by atoms with van der Waals surface area (Å²) in [6.45, 7) is 4.08. The fourth-order valence-corrected chi connectivity index (χ4v) is 0.835. The number of hydrogen-bond donors (Lipinski definition) is 2. The lowest BCUT2D eigenvalue weighted by atomic mass is 10.3. The van der Waals surface area contributed by atoms with Crippen molar-refractivity contribution in [1.82, 2.24) is 10.2 Å². The molecule has 0 bridgehead atoms. The normalized spacial score (nSPS) is 9.13. The van der Waals surface area contributed by atoms with Crippen LogP contribution < -0.4 is 11.1 Å². The van der Waals surface area contributed by atoms with Crippen LogP contribution in [0.15, 0.2) is 12.7 Å². The van der Waals surface area contributed by atoms with Gasteiger partial charge >= 0.3 is 11.8 Å². The monoisotopic (exact) mass is 213 g/mol. The molecule has 0 spiro atoms. The summed E-state index contributed by atoms with van der Waals surface area (Å²) in [5, 5.41) is 2.28. The van der Waals surface area contributed by atoms with Gasteiger partial charge in [-0.25, -0.2) is 0 Å². The molecule has 6 heteroatoms. The molecule has 0 fully saturated rings. The van der Waals surface area contributed by atoms with Gasteiger partial charge in [0.2, 0.25) is 6.41 Å². The van der Waals surface area contributed by atoms with E-state index in [0.717, 1.165) is 4.90 Å². The maximum Gasteiger partial charge on any atom is 0.318 e. The SMILES string of the molecule is C=CCNC(=O)C(=O)N(C=O)CCCN. The number of nitrogens with two attached hydrogens (primary N) is 1. The number of rotatable bonds is 6. The fraction of sp³-hybridized carbons (Fsp3) is 0.444. The summed E-state index contributed by atoms with van der Waals surface area (Å²) in [6.07, 6.45) is 2.24. The molecule has 0 aromatic rings. The zero-order valence-corrected chi connectivity index (χ0v) is 8.44. The minimum atomic E-state index is -0.875. The van der Waals surface area contributed by atoms with E-state index in [0.29, 0.717) is 19.4 Å². The number of nitrogens with one attached hydrogen (secondary N) is 1. The highest BCUT2D eigenvalue weighted by Gasteiger charge is 2.19. The van der Waals surface area contributed by atoms with E-state index in [1.807, 2.05) is 0 Å².